The number of hydrogen-bond donors (Lipinski definition) is 0. The lowest BCUT2D eigenvalue weighted by molar-refractivity contribution is -0.148. The minimum atomic E-state index is -0.407. The Kier molecular flexibility index (Phi) is 3.06. The first-order chi connectivity index (χ1) is 6.20. The lowest BCUT2D eigenvalue weighted by Gasteiger charge is -2.20. The molecule has 1 fully saturated rings. The fourth-order valence-electron chi connectivity index (χ4n) is 1.48. The van der Waals surface area contributed by atoms with Crippen LogP contribution in [0.15, 0.2) is 12.7 Å². The summed E-state index contributed by atoms with van der Waals surface area (Å²) in [5, 5.41) is 0. The van der Waals surface area contributed by atoms with E-state index in [1.165, 1.54) is 12.0 Å². The van der Waals surface area contributed by atoms with Gasteiger partial charge < -0.3 is 9.64 Å². The maximum Gasteiger partial charge on any atom is 0.328 e. The molecule has 72 valence electrons. The van der Waals surface area contributed by atoms with E-state index < -0.39 is 6.04 Å². The van der Waals surface area contributed by atoms with E-state index in [-0.39, 0.29) is 11.9 Å². The summed E-state index contributed by atoms with van der Waals surface area (Å²) in [6, 6.07) is -0.407. The standard InChI is InChI=1S/C9H13NO3/c1-3-6-10-7(9(12)13-2)4-5-8(10)11/h3,7H,1,4-6H2,2H3. The van der Waals surface area contributed by atoms with Crippen molar-refractivity contribution in [1.82, 2.24) is 4.90 Å². The van der Waals surface area contributed by atoms with Crippen LogP contribution in [0.4, 0.5) is 0 Å². The lowest BCUT2D eigenvalue weighted by Crippen LogP contribution is -2.39. The van der Waals surface area contributed by atoms with Gasteiger partial charge in [0.1, 0.15) is 6.04 Å². The first-order valence-electron chi connectivity index (χ1n) is 4.19. The largest absolute Gasteiger partial charge is 0.467 e. The smallest absolute Gasteiger partial charge is 0.328 e. The average molecular weight is 183 g/mol. The summed E-state index contributed by atoms with van der Waals surface area (Å²) in [6.07, 6.45) is 2.59. The molecule has 1 unspecified atom stereocenters. The highest BCUT2D eigenvalue weighted by Crippen LogP contribution is 2.19. The number of hydrogen-bond acceptors (Lipinski definition) is 3. The number of ether oxygens (including phenoxy) is 1. The average Bonchev–Trinajstić information content (AvgIpc) is 2.48. The third-order valence-electron chi connectivity index (χ3n) is 2.13. The minimum Gasteiger partial charge on any atom is -0.467 e. The molecular formula is C9H13NO3. The predicted octanol–water partition coefficient (Wildman–Crippen LogP) is 0.336. The number of likely N-dealkylation sites (tertiary alicyclic amines) is 1. The molecule has 0 saturated carbocycles. The highest BCUT2D eigenvalue weighted by Gasteiger charge is 2.35. The van der Waals surface area contributed by atoms with Gasteiger partial charge in [-0.3, -0.25) is 4.79 Å². The van der Waals surface area contributed by atoms with Gasteiger partial charge in [-0.15, -0.1) is 6.58 Å². The van der Waals surface area contributed by atoms with Crippen molar-refractivity contribution in [3.8, 4) is 0 Å². The second-order valence-corrected chi connectivity index (χ2v) is 2.91. The molecule has 1 aliphatic heterocycles. The number of methoxy groups -OCH3 is 1. The van der Waals surface area contributed by atoms with E-state index in [1.807, 2.05) is 0 Å². The van der Waals surface area contributed by atoms with Crippen LogP contribution in [0.5, 0.6) is 0 Å². The Morgan fingerprint density at radius 1 is 1.85 bits per heavy atom. The zero-order valence-electron chi connectivity index (χ0n) is 7.66. The van der Waals surface area contributed by atoms with Crippen molar-refractivity contribution in [3.05, 3.63) is 12.7 Å². The molecule has 0 radical (unpaired) electrons. The topological polar surface area (TPSA) is 46.6 Å². The Labute approximate surface area is 77.2 Å². The molecule has 13 heavy (non-hydrogen) atoms. The van der Waals surface area contributed by atoms with Gasteiger partial charge in [-0.25, -0.2) is 4.79 Å². The van der Waals surface area contributed by atoms with E-state index >= 15 is 0 Å². The first-order valence-corrected chi connectivity index (χ1v) is 4.19. The van der Waals surface area contributed by atoms with Crippen LogP contribution < -0.4 is 0 Å². The van der Waals surface area contributed by atoms with Gasteiger partial charge in [0, 0.05) is 13.0 Å². The molecule has 1 rings (SSSR count). The fraction of sp³-hybridized carbons (Fsp3) is 0.556. The van der Waals surface area contributed by atoms with Crippen LogP contribution in [-0.4, -0.2) is 36.5 Å². The molecule has 0 aromatic rings. The predicted molar refractivity (Wildman–Crippen MR) is 46.9 cm³/mol. The molecule has 0 spiro atoms. The van der Waals surface area contributed by atoms with Crippen molar-refractivity contribution in [1.29, 1.82) is 0 Å². The van der Waals surface area contributed by atoms with E-state index in [1.54, 1.807) is 6.08 Å². The van der Waals surface area contributed by atoms with Crippen molar-refractivity contribution in [2.24, 2.45) is 0 Å². The van der Waals surface area contributed by atoms with Crippen LogP contribution >= 0.6 is 0 Å². The van der Waals surface area contributed by atoms with Crippen molar-refractivity contribution < 1.29 is 14.3 Å². The molecule has 1 aliphatic rings. The van der Waals surface area contributed by atoms with E-state index in [0.717, 1.165) is 0 Å². The molecule has 0 N–H and O–H groups in total. The number of esters is 1. The number of rotatable bonds is 3. The summed E-state index contributed by atoms with van der Waals surface area (Å²) >= 11 is 0. The maximum atomic E-state index is 11.3. The van der Waals surface area contributed by atoms with Gasteiger partial charge in [0.15, 0.2) is 0 Å². The third kappa shape index (κ3) is 1.88. The van der Waals surface area contributed by atoms with Crippen LogP contribution in [0.2, 0.25) is 0 Å². The number of carbonyl (C=O) groups is 2. The molecule has 0 aliphatic carbocycles. The summed E-state index contributed by atoms with van der Waals surface area (Å²) in [7, 11) is 1.33. The van der Waals surface area contributed by atoms with Crippen molar-refractivity contribution in [2.75, 3.05) is 13.7 Å². The Hall–Kier alpha value is -1.32. The van der Waals surface area contributed by atoms with Crippen LogP contribution in [0.3, 0.4) is 0 Å². The molecule has 4 heteroatoms. The van der Waals surface area contributed by atoms with Crippen LogP contribution in [0.25, 0.3) is 0 Å². The summed E-state index contributed by atoms with van der Waals surface area (Å²) in [5.41, 5.74) is 0. The zero-order chi connectivity index (χ0) is 9.84. The Morgan fingerprint density at radius 3 is 3.08 bits per heavy atom. The van der Waals surface area contributed by atoms with Crippen LogP contribution in [0, 0.1) is 0 Å². The van der Waals surface area contributed by atoms with Gasteiger partial charge in [-0.1, -0.05) is 6.08 Å². The highest BCUT2D eigenvalue weighted by molar-refractivity contribution is 5.88. The number of amides is 1. The quantitative estimate of drug-likeness (QED) is 0.468. The monoisotopic (exact) mass is 183 g/mol. The molecule has 1 amide bonds. The molecule has 1 heterocycles. The highest BCUT2D eigenvalue weighted by atomic mass is 16.5. The van der Waals surface area contributed by atoms with Gasteiger partial charge in [0.2, 0.25) is 5.91 Å². The molecule has 4 nitrogen and oxygen atoms in total. The maximum absolute atomic E-state index is 11.3. The van der Waals surface area contributed by atoms with Crippen molar-refractivity contribution in [2.45, 2.75) is 18.9 Å². The van der Waals surface area contributed by atoms with E-state index in [4.69, 9.17) is 0 Å². The van der Waals surface area contributed by atoms with E-state index in [0.29, 0.717) is 19.4 Å². The molecule has 0 aromatic carbocycles. The first kappa shape index (κ1) is 9.77. The Bertz CT molecular complexity index is 237. The number of carbonyl (C=O) groups excluding carboxylic acids is 2. The molecule has 0 aromatic heterocycles. The van der Waals surface area contributed by atoms with Gasteiger partial charge in [0.25, 0.3) is 0 Å². The fourth-order valence-corrected chi connectivity index (χ4v) is 1.48. The van der Waals surface area contributed by atoms with Crippen molar-refractivity contribution >= 4 is 11.9 Å². The van der Waals surface area contributed by atoms with Crippen LogP contribution in [-0.2, 0) is 14.3 Å². The SMILES string of the molecule is C=CCN1C(=O)CCC1C(=O)OC. The minimum absolute atomic E-state index is 0.00435. The van der Waals surface area contributed by atoms with Crippen LogP contribution in [0.1, 0.15) is 12.8 Å². The third-order valence-corrected chi connectivity index (χ3v) is 2.13. The Morgan fingerprint density at radius 2 is 2.54 bits per heavy atom. The normalized spacial score (nSPS) is 21.8. The Balaban J connectivity index is 2.68. The molecule has 0 bridgehead atoms. The van der Waals surface area contributed by atoms with E-state index in [9.17, 15) is 9.59 Å². The summed E-state index contributed by atoms with van der Waals surface area (Å²) < 4.78 is 4.59. The second-order valence-electron chi connectivity index (χ2n) is 2.91. The zero-order valence-corrected chi connectivity index (χ0v) is 7.66. The van der Waals surface area contributed by atoms with Gasteiger partial charge in [-0.05, 0) is 6.42 Å². The van der Waals surface area contributed by atoms with Gasteiger partial charge in [-0.2, -0.15) is 0 Å². The number of nitrogens with zero attached hydrogens (tertiary/aromatic N) is 1. The van der Waals surface area contributed by atoms with E-state index in [2.05, 4.69) is 11.3 Å². The summed E-state index contributed by atoms with van der Waals surface area (Å²) in [4.78, 5) is 24.0. The van der Waals surface area contributed by atoms with Crippen molar-refractivity contribution in [3.63, 3.8) is 0 Å². The lowest BCUT2D eigenvalue weighted by atomic mass is 10.2. The molecule has 1 atom stereocenters. The van der Waals surface area contributed by atoms with Gasteiger partial charge >= 0.3 is 5.97 Å². The molecular weight excluding hydrogens is 170 g/mol. The molecule has 1 saturated heterocycles. The summed E-state index contributed by atoms with van der Waals surface area (Å²) in [6.45, 7) is 3.95. The summed E-state index contributed by atoms with van der Waals surface area (Å²) in [5.74, 6) is -0.344. The van der Waals surface area contributed by atoms with Gasteiger partial charge in [0.05, 0.1) is 7.11 Å². The second kappa shape index (κ2) is 4.07.